The Bertz CT molecular complexity index is 768. The molecule has 0 unspecified atom stereocenters. The van der Waals surface area contributed by atoms with Gasteiger partial charge in [-0.25, -0.2) is 17.8 Å². The molecule has 9 heteroatoms. The van der Waals surface area contributed by atoms with E-state index < -0.39 is 15.8 Å². The summed E-state index contributed by atoms with van der Waals surface area (Å²) in [6.45, 7) is 0. The van der Waals surface area contributed by atoms with E-state index in [0.717, 1.165) is 6.07 Å². The maximum atomic E-state index is 13.7. The van der Waals surface area contributed by atoms with E-state index >= 15 is 0 Å². The van der Waals surface area contributed by atoms with E-state index in [1.165, 1.54) is 24.4 Å². The molecule has 2 aromatic rings. The van der Waals surface area contributed by atoms with Crippen LogP contribution in [0.5, 0.6) is 0 Å². The molecule has 20 heavy (non-hydrogen) atoms. The van der Waals surface area contributed by atoms with E-state index in [2.05, 4.69) is 41.6 Å². The average molecular weight is 425 g/mol. The maximum Gasteiger partial charge on any atom is 0.265 e. The molecule has 0 aliphatic carbocycles. The third-order valence-corrected chi connectivity index (χ3v) is 4.63. The number of nitrogens with one attached hydrogen (secondary N) is 1. The molecule has 0 spiro atoms. The van der Waals surface area contributed by atoms with Crippen molar-refractivity contribution < 1.29 is 12.8 Å². The summed E-state index contributed by atoms with van der Waals surface area (Å²) in [5.74, 6) is -0.873. The van der Waals surface area contributed by atoms with Crippen LogP contribution in [0.4, 0.5) is 15.9 Å². The first-order chi connectivity index (χ1) is 9.29. The van der Waals surface area contributed by atoms with Crippen LogP contribution >= 0.6 is 31.9 Å². The molecule has 0 fully saturated rings. The van der Waals surface area contributed by atoms with Crippen LogP contribution < -0.4 is 10.5 Å². The monoisotopic (exact) mass is 423 g/mol. The van der Waals surface area contributed by atoms with Gasteiger partial charge in [-0.15, -0.1) is 0 Å². The van der Waals surface area contributed by atoms with Gasteiger partial charge in [0.15, 0.2) is 0 Å². The first-order valence-electron chi connectivity index (χ1n) is 5.18. The summed E-state index contributed by atoms with van der Waals surface area (Å²) in [4.78, 5) is 3.51. The molecule has 2 rings (SSSR count). The van der Waals surface area contributed by atoms with E-state index in [4.69, 9.17) is 5.73 Å². The van der Waals surface area contributed by atoms with E-state index in [0.29, 0.717) is 8.95 Å². The van der Waals surface area contributed by atoms with Gasteiger partial charge in [0.05, 0.1) is 5.69 Å². The van der Waals surface area contributed by atoms with Gasteiger partial charge in [0.25, 0.3) is 10.0 Å². The first-order valence-corrected chi connectivity index (χ1v) is 8.25. The molecule has 0 amide bonds. The third kappa shape index (κ3) is 3.28. The fraction of sp³-hybridized carbons (Fsp3) is 0. The number of pyridine rings is 1. The van der Waals surface area contributed by atoms with Crippen LogP contribution in [0.3, 0.4) is 0 Å². The number of nitrogens with zero attached hydrogens (tertiary/aromatic N) is 1. The zero-order valence-electron chi connectivity index (χ0n) is 9.77. The molecule has 1 heterocycles. The van der Waals surface area contributed by atoms with Gasteiger partial charge in [-0.1, -0.05) is 15.9 Å². The summed E-state index contributed by atoms with van der Waals surface area (Å²) in [7, 11) is -4.02. The number of hydrogen-bond acceptors (Lipinski definition) is 4. The highest BCUT2D eigenvalue weighted by atomic mass is 79.9. The predicted molar refractivity (Wildman–Crippen MR) is 81.3 cm³/mol. The molecule has 0 aliphatic heterocycles. The van der Waals surface area contributed by atoms with Crippen molar-refractivity contribution in [3.8, 4) is 0 Å². The smallest absolute Gasteiger partial charge is 0.265 e. The Kier molecular flexibility index (Phi) is 4.31. The fourth-order valence-electron chi connectivity index (χ4n) is 1.42. The van der Waals surface area contributed by atoms with E-state index in [9.17, 15) is 12.8 Å². The number of aromatic nitrogens is 1. The lowest BCUT2D eigenvalue weighted by atomic mass is 10.3. The summed E-state index contributed by atoms with van der Waals surface area (Å²) in [5.41, 5.74) is 5.37. The Labute approximate surface area is 131 Å². The molecule has 0 atom stereocenters. The molecular weight excluding hydrogens is 417 g/mol. The Hall–Kier alpha value is -1.19. The van der Waals surface area contributed by atoms with Crippen molar-refractivity contribution in [1.29, 1.82) is 0 Å². The summed E-state index contributed by atoms with van der Waals surface area (Å²) in [6.07, 6.45) is 1.37. The standard InChI is InChI=1S/C11H8Br2FN3O2S/c12-6-1-2-9(8(14)3-6)17-20(18,19)10-4-7(13)5-16-11(10)15/h1-5,17H,(H2,15,16). The predicted octanol–water partition coefficient (Wildman–Crippen LogP) is 3.13. The lowest BCUT2D eigenvalue weighted by Crippen LogP contribution is -2.16. The van der Waals surface area contributed by atoms with Crippen LogP contribution in [-0.2, 0) is 10.0 Å². The van der Waals surface area contributed by atoms with Crippen molar-refractivity contribution in [2.75, 3.05) is 10.5 Å². The number of rotatable bonds is 3. The molecule has 3 N–H and O–H groups in total. The summed E-state index contributed by atoms with van der Waals surface area (Å²) in [5, 5.41) is 0. The molecule has 0 radical (unpaired) electrons. The highest BCUT2D eigenvalue weighted by Gasteiger charge is 2.20. The van der Waals surface area contributed by atoms with E-state index in [1.54, 1.807) is 0 Å². The Balaban J connectivity index is 2.43. The van der Waals surface area contributed by atoms with Gasteiger partial charge < -0.3 is 5.73 Å². The third-order valence-electron chi connectivity index (χ3n) is 2.31. The number of nitrogens with two attached hydrogens (primary N) is 1. The minimum Gasteiger partial charge on any atom is -0.383 e. The second-order valence-electron chi connectivity index (χ2n) is 3.77. The molecular formula is C11H8Br2FN3O2S. The van der Waals surface area contributed by atoms with Gasteiger partial charge in [-0.05, 0) is 40.2 Å². The van der Waals surface area contributed by atoms with Gasteiger partial charge in [0, 0.05) is 15.1 Å². The van der Waals surface area contributed by atoms with Crippen LogP contribution in [0.1, 0.15) is 0 Å². The second-order valence-corrected chi connectivity index (χ2v) is 7.25. The van der Waals surface area contributed by atoms with Crippen LogP contribution in [0, 0.1) is 5.82 Å². The highest BCUT2D eigenvalue weighted by molar-refractivity contribution is 9.10. The summed E-state index contributed by atoms with van der Waals surface area (Å²) in [6, 6.07) is 5.27. The van der Waals surface area contributed by atoms with Gasteiger partial charge >= 0.3 is 0 Å². The van der Waals surface area contributed by atoms with E-state index in [1.807, 2.05) is 0 Å². The molecule has 0 aliphatic rings. The van der Waals surface area contributed by atoms with Crippen molar-refractivity contribution in [2.24, 2.45) is 0 Å². The summed E-state index contributed by atoms with van der Waals surface area (Å²) >= 11 is 6.20. The Morgan fingerprint density at radius 3 is 2.55 bits per heavy atom. The molecule has 1 aromatic heterocycles. The topological polar surface area (TPSA) is 85.1 Å². The van der Waals surface area contributed by atoms with Crippen LogP contribution in [0.2, 0.25) is 0 Å². The number of halogens is 3. The number of anilines is 2. The van der Waals surface area contributed by atoms with Crippen LogP contribution in [0.25, 0.3) is 0 Å². The van der Waals surface area contributed by atoms with Gasteiger partial charge in [-0.2, -0.15) is 0 Å². The second kappa shape index (κ2) is 5.66. The zero-order valence-corrected chi connectivity index (χ0v) is 13.8. The largest absolute Gasteiger partial charge is 0.383 e. The van der Waals surface area contributed by atoms with E-state index in [-0.39, 0.29) is 16.4 Å². The minimum atomic E-state index is -4.02. The Morgan fingerprint density at radius 2 is 1.90 bits per heavy atom. The minimum absolute atomic E-state index is 0.168. The number of hydrogen-bond donors (Lipinski definition) is 2. The van der Waals surface area contributed by atoms with Gasteiger partial charge in [-0.3, -0.25) is 4.72 Å². The molecule has 1 aromatic carbocycles. The lowest BCUT2D eigenvalue weighted by molar-refractivity contribution is 0.598. The molecule has 106 valence electrons. The van der Waals surface area contributed by atoms with Crippen molar-refractivity contribution in [3.63, 3.8) is 0 Å². The van der Waals surface area contributed by atoms with Crippen molar-refractivity contribution in [3.05, 3.63) is 45.2 Å². The lowest BCUT2D eigenvalue weighted by Gasteiger charge is -2.10. The van der Waals surface area contributed by atoms with Crippen LogP contribution in [0.15, 0.2) is 44.3 Å². The number of benzene rings is 1. The van der Waals surface area contributed by atoms with Crippen molar-refractivity contribution >= 4 is 53.4 Å². The zero-order chi connectivity index (χ0) is 14.9. The van der Waals surface area contributed by atoms with Crippen molar-refractivity contribution in [1.82, 2.24) is 4.98 Å². The molecule has 0 saturated heterocycles. The molecule has 0 bridgehead atoms. The molecule has 0 saturated carbocycles. The quantitative estimate of drug-likeness (QED) is 0.792. The summed E-state index contributed by atoms with van der Waals surface area (Å²) < 4.78 is 41.1. The average Bonchev–Trinajstić information content (AvgIpc) is 2.35. The Morgan fingerprint density at radius 1 is 1.20 bits per heavy atom. The highest BCUT2D eigenvalue weighted by Crippen LogP contribution is 2.25. The van der Waals surface area contributed by atoms with Crippen LogP contribution in [-0.4, -0.2) is 13.4 Å². The van der Waals surface area contributed by atoms with Gasteiger partial charge in [0.1, 0.15) is 16.5 Å². The SMILES string of the molecule is Nc1ncc(Br)cc1S(=O)(=O)Nc1ccc(Br)cc1F. The number of nitrogen functional groups attached to an aromatic ring is 1. The molecule has 5 nitrogen and oxygen atoms in total. The van der Waals surface area contributed by atoms with Gasteiger partial charge in [0.2, 0.25) is 0 Å². The van der Waals surface area contributed by atoms with Crippen molar-refractivity contribution in [2.45, 2.75) is 4.90 Å². The number of sulfonamides is 1. The maximum absolute atomic E-state index is 13.7. The fourth-order valence-corrected chi connectivity index (χ4v) is 3.41. The first kappa shape index (κ1) is 15.2. The normalized spacial score (nSPS) is 11.3.